The fraction of sp³-hybridized carbons (Fsp3) is 0.667. The van der Waals surface area contributed by atoms with Crippen molar-refractivity contribution < 1.29 is 13.9 Å². The Bertz CT molecular complexity index is 585. The van der Waals surface area contributed by atoms with E-state index in [0.29, 0.717) is 12.0 Å². The minimum absolute atomic E-state index is 0.0313. The summed E-state index contributed by atoms with van der Waals surface area (Å²) in [4.78, 5) is 14.8. The number of carbonyl (C=O) groups is 1. The van der Waals surface area contributed by atoms with Crippen LogP contribution in [0.5, 0.6) is 0 Å². The van der Waals surface area contributed by atoms with Crippen molar-refractivity contribution in [3.05, 3.63) is 35.6 Å². The maximum absolute atomic E-state index is 13.1. The summed E-state index contributed by atoms with van der Waals surface area (Å²) in [5, 5.41) is 0. The van der Waals surface area contributed by atoms with Gasteiger partial charge in [0, 0.05) is 6.04 Å². The highest BCUT2D eigenvalue weighted by atomic mass is 19.1. The first-order valence-electron chi connectivity index (χ1n) is 9.54. The summed E-state index contributed by atoms with van der Waals surface area (Å²) < 4.78 is 18.6. The van der Waals surface area contributed by atoms with E-state index in [1.807, 2.05) is 32.9 Å². The second kappa shape index (κ2) is 7.45. The average Bonchev–Trinajstić information content (AvgIpc) is 3.04. The highest BCUT2D eigenvalue weighted by Crippen LogP contribution is 2.35. The van der Waals surface area contributed by atoms with Gasteiger partial charge in [-0.3, -0.25) is 4.79 Å². The number of ether oxygens (including phenoxy) is 1. The van der Waals surface area contributed by atoms with Crippen LogP contribution in [-0.2, 0) is 9.53 Å². The first-order chi connectivity index (χ1) is 11.8. The Labute approximate surface area is 150 Å². The number of nitrogens with zero attached hydrogens (tertiary/aromatic N) is 1. The number of carbonyl (C=O) groups excluding carboxylic acids is 1. The number of benzene rings is 1. The van der Waals surface area contributed by atoms with Gasteiger partial charge < -0.3 is 9.64 Å². The van der Waals surface area contributed by atoms with Gasteiger partial charge in [-0.2, -0.15) is 0 Å². The minimum atomic E-state index is -0.400. The normalized spacial score (nSPS) is 25.9. The van der Waals surface area contributed by atoms with Gasteiger partial charge in [-0.25, -0.2) is 4.39 Å². The molecule has 1 saturated carbocycles. The number of halogens is 1. The highest BCUT2D eigenvalue weighted by Gasteiger charge is 2.36. The van der Waals surface area contributed by atoms with Crippen LogP contribution in [0.4, 0.5) is 4.39 Å². The van der Waals surface area contributed by atoms with Crippen molar-refractivity contribution in [1.82, 2.24) is 4.90 Å². The standard InChI is InChI=1S/C21H30FNO2/c1-21(2,3)25-20(24)17-6-9-19(14-17)23-12-10-16(11-13-23)15-4-7-18(22)8-5-15/h4-5,7-8,16-17,19H,6,9-14H2,1-3H3/t17-,19?/m0/s1. The summed E-state index contributed by atoms with van der Waals surface area (Å²) in [7, 11) is 0. The molecule has 0 bridgehead atoms. The van der Waals surface area contributed by atoms with Crippen LogP contribution < -0.4 is 0 Å². The lowest BCUT2D eigenvalue weighted by Crippen LogP contribution is -2.40. The molecule has 0 radical (unpaired) electrons. The minimum Gasteiger partial charge on any atom is -0.460 e. The largest absolute Gasteiger partial charge is 0.460 e. The van der Waals surface area contributed by atoms with E-state index >= 15 is 0 Å². The molecule has 1 heterocycles. The predicted octanol–water partition coefficient (Wildman–Crippen LogP) is 4.52. The quantitative estimate of drug-likeness (QED) is 0.753. The molecule has 0 amide bonds. The van der Waals surface area contributed by atoms with Crippen LogP contribution in [0, 0.1) is 11.7 Å². The van der Waals surface area contributed by atoms with E-state index < -0.39 is 5.60 Å². The average molecular weight is 347 g/mol. The van der Waals surface area contributed by atoms with E-state index in [9.17, 15) is 9.18 Å². The van der Waals surface area contributed by atoms with Crippen molar-refractivity contribution in [3.8, 4) is 0 Å². The second-order valence-corrected chi connectivity index (χ2v) is 8.56. The van der Waals surface area contributed by atoms with E-state index in [4.69, 9.17) is 4.74 Å². The Morgan fingerprint density at radius 2 is 1.72 bits per heavy atom. The fourth-order valence-electron chi connectivity index (χ4n) is 4.22. The van der Waals surface area contributed by atoms with Crippen molar-refractivity contribution in [3.63, 3.8) is 0 Å². The van der Waals surface area contributed by atoms with E-state index in [-0.39, 0.29) is 17.7 Å². The van der Waals surface area contributed by atoms with Crippen LogP contribution in [0.25, 0.3) is 0 Å². The van der Waals surface area contributed by atoms with Gasteiger partial charge in [-0.05, 0) is 89.6 Å². The predicted molar refractivity (Wildman–Crippen MR) is 96.9 cm³/mol. The topological polar surface area (TPSA) is 29.5 Å². The van der Waals surface area contributed by atoms with Gasteiger partial charge in [0.15, 0.2) is 0 Å². The van der Waals surface area contributed by atoms with E-state index in [1.54, 1.807) is 12.1 Å². The lowest BCUT2D eigenvalue weighted by Gasteiger charge is -2.36. The maximum Gasteiger partial charge on any atom is 0.309 e. The van der Waals surface area contributed by atoms with Crippen LogP contribution in [-0.4, -0.2) is 35.6 Å². The zero-order valence-electron chi connectivity index (χ0n) is 15.6. The first-order valence-corrected chi connectivity index (χ1v) is 9.54. The van der Waals surface area contributed by atoms with Crippen molar-refractivity contribution in [2.24, 2.45) is 5.92 Å². The molecule has 2 aliphatic rings. The summed E-state index contributed by atoms with van der Waals surface area (Å²) in [5.41, 5.74) is 0.849. The molecular formula is C21H30FNO2. The molecule has 1 unspecified atom stereocenters. The van der Waals surface area contributed by atoms with Gasteiger partial charge in [-0.15, -0.1) is 0 Å². The molecule has 25 heavy (non-hydrogen) atoms. The molecule has 0 spiro atoms. The SMILES string of the molecule is CC(C)(C)OC(=O)[C@H]1CCC(N2CCC(c3ccc(F)cc3)CC2)C1. The van der Waals surface area contributed by atoms with E-state index in [1.165, 1.54) is 5.56 Å². The van der Waals surface area contributed by atoms with Crippen LogP contribution in [0.3, 0.4) is 0 Å². The summed E-state index contributed by atoms with van der Waals surface area (Å²) in [6.07, 6.45) is 5.18. The molecular weight excluding hydrogens is 317 g/mol. The molecule has 4 heteroatoms. The van der Waals surface area contributed by atoms with Crippen molar-refractivity contribution in [1.29, 1.82) is 0 Å². The molecule has 1 aromatic rings. The Morgan fingerprint density at radius 1 is 1.08 bits per heavy atom. The van der Waals surface area contributed by atoms with Crippen LogP contribution >= 0.6 is 0 Å². The molecule has 2 fully saturated rings. The lowest BCUT2D eigenvalue weighted by molar-refractivity contribution is -0.159. The number of hydrogen-bond acceptors (Lipinski definition) is 3. The van der Waals surface area contributed by atoms with E-state index in [0.717, 1.165) is 45.2 Å². The number of piperidine rings is 1. The number of hydrogen-bond donors (Lipinski definition) is 0. The molecule has 0 aromatic heterocycles. The lowest BCUT2D eigenvalue weighted by atomic mass is 9.88. The summed E-state index contributed by atoms with van der Waals surface area (Å²) >= 11 is 0. The molecule has 0 N–H and O–H groups in total. The molecule has 138 valence electrons. The number of likely N-dealkylation sites (tertiary alicyclic amines) is 1. The Balaban J connectivity index is 1.49. The van der Waals surface area contributed by atoms with Crippen molar-refractivity contribution >= 4 is 5.97 Å². The number of esters is 1. The van der Waals surface area contributed by atoms with Crippen molar-refractivity contribution in [2.45, 2.75) is 70.4 Å². The van der Waals surface area contributed by atoms with Crippen LogP contribution in [0.1, 0.15) is 64.4 Å². The molecule has 1 aromatic carbocycles. The van der Waals surface area contributed by atoms with Gasteiger partial charge in [-0.1, -0.05) is 12.1 Å². The second-order valence-electron chi connectivity index (χ2n) is 8.56. The maximum atomic E-state index is 13.1. The molecule has 1 aliphatic heterocycles. The summed E-state index contributed by atoms with van der Waals surface area (Å²) in [5.74, 6) is 0.385. The van der Waals surface area contributed by atoms with Crippen LogP contribution in [0.2, 0.25) is 0 Å². The summed E-state index contributed by atoms with van der Waals surface area (Å²) in [6.45, 7) is 7.91. The van der Waals surface area contributed by atoms with Crippen molar-refractivity contribution in [2.75, 3.05) is 13.1 Å². The highest BCUT2D eigenvalue weighted by molar-refractivity contribution is 5.73. The van der Waals surface area contributed by atoms with Gasteiger partial charge in [0.2, 0.25) is 0 Å². The third kappa shape index (κ3) is 4.81. The number of rotatable bonds is 3. The molecule has 1 saturated heterocycles. The first kappa shape index (κ1) is 18.4. The van der Waals surface area contributed by atoms with Gasteiger partial charge in [0.25, 0.3) is 0 Å². The van der Waals surface area contributed by atoms with E-state index in [2.05, 4.69) is 4.90 Å². The zero-order chi connectivity index (χ0) is 18.0. The monoisotopic (exact) mass is 347 g/mol. The molecule has 1 aliphatic carbocycles. The smallest absolute Gasteiger partial charge is 0.309 e. The third-order valence-electron chi connectivity index (χ3n) is 5.53. The molecule has 2 atom stereocenters. The van der Waals surface area contributed by atoms with Gasteiger partial charge in [0.05, 0.1) is 5.92 Å². The molecule has 3 nitrogen and oxygen atoms in total. The Kier molecular flexibility index (Phi) is 5.47. The van der Waals surface area contributed by atoms with Gasteiger partial charge >= 0.3 is 5.97 Å². The fourth-order valence-corrected chi connectivity index (χ4v) is 4.22. The van der Waals surface area contributed by atoms with Gasteiger partial charge in [0.1, 0.15) is 11.4 Å². The van der Waals surface area contributed by atoms with Crippen LogP contribution in [0.15, 0.2) is 24.3 Å². The third-order valence-corrected chi connectivity index (χ3v) is 5.53. The zero-order valence-corrected chi connectivity index (χ0v) is 15.6. The Hall–Kier alpha value is -1.42. The Morgan fingerprint density at radius 3 is 2.32 bits per heavy atom. The molecule has 3 rings (SSSR count). The summed E-state index contributed by atoms with van der Waals surface area (Å²) in [6, 6.07) is 7.47.